The van der Waals surface area contributed by atoms with Gasteiger partial charge in [0.2, 0.25) is 0 Å². The maximum atomic E-state index is 13.0. The topological polar surface area (TPSA) is 29.3 Å². The Hall–Kier alpha value is -1.39. The molecule has 0 fully saturated rings. The van der Waals surface area contributed by atoms with E-state index in [1.54, 1.807) is 0 Å². The first-order chi connectivity index (χ1) is 9.95. The summed E-state index contributed by atoms with van der Waals surface area (Å²) < 4.78 is 14.0. The third-order valence-corrected chi connectivity index (χ3v) is 3.83. The fourth-order valence-electron chi connectivity index (χ4n) is 2.36. The lowest BCUT2D eigenvalue weighted by Gasteiger charge is -2.24. The third kappa shape index (κ3) is 4.55. The Labute approximate surface area is 133 Å². The summed E-state index contributed by atoms with van der Waals surface area (Å²) in [6.07, 6.45) is 0.830. The zero-order valence-corrected chi connectivity index (χ0v) is 13.9. The van der Waals surface area contributed by atoms with Gasteiger partial charge in [0.05, 0.1) is 0 Å². The molecule has 2 aromatic rings. The highest BCUT2D eigenvalue weighted by Crippen LogP contribution is 2.26. The predicted molar refractivity (Wildman–Crippen MR) is 90.0 cm³/mol. The lowest BCUT2D eigenvalue weighted by molar-refractivity contribution is 0.627. The zero-order chi connectivity index (χ0) is 15.4. The summed E-state index contributed by atoms with van der Waals surface area (Å²) in [5, 5.41) is 0. The van der Waals surface area contributed by atoms with Crippen molar-refractivity contribution in [3.05, 3.63) is 63.9 Å². The van der Waals surface area contributed by atoms with Crippen molar-refractivity contribution < 1.29 is 4.39 Å². The SMILES string of the molecule is CC(N)Cc1ccc(Br)cc1N(C)Cc1ccc(F)cc1. The summed E-state index contributed by atoms with van der Waals surface area (Å²) in [5.41, 5.74) is 9.37. The Morgan fingerprint density at radius 1 is 1.19 bits per heavy atom. The minimum Gasteiger partial charge on any atom is -0.370 e. The van der Waals surface area contributed by atoms with Gasteiger partial charge in [-0.2, -0.15) is 0 Å². The van der Waals surface area contributed by atoms with E-state index in [1.165, 1.54) is 17.7 Å². The van der Waals surface area contributed by atoms with E-state index in [-0.39, 0.29) is 11.9 Å². The van der Waals surface area contributed by atoms with Crippen LogP contribution in [0.4, 0.5) is 10.1 Å². The number of anilines is 1. The Morgan fingerprint density at radius 3 is 2.48 bits per heavy atom. The van der Waals surface area contributed by atoms with Crippen molar-refractivity contribution in [3.63, 3.8) is 0 Å². The van der Waals surface area contributed by atoms with Crippen molar-refractivity contribution >= 4 is 21.6 Å². The molecule has 4 heteroatoms. The number of hydrogen-bond acceptors (Lipinski definition) is 2. The monoisotopic (exact) mass is 350 g/mol. The molecule has 0 aliphatic carbocycles. The minimum atomic E-state index is -0.207. The first-order valence-corrected chi connectivity index (χ1v) is 7.74. The lowest BCUT2D eigenvalue weighted by atomic mass is 10.0. The number of nitrogens with zero attached hydrogens (tertiary/aromatic N) is 1. The van der Waals surface area contributed by atoms with Crippen LogP contribution in [-0.4, -0.2) is 13.1 Å². The molecule has 2 N–H and O–H groups in total. The highest BCUT2D eigenvalue weighted by Gasteiger charge is 2.10. The Kier molecular flexibility index (Phi) is 5.37. The van der Waals surface area contributed by atoms with Gasteiger partial charge in [-0.25, -0.2) is 4.39 Å². The summed E-state index contributed by atoms with van der Waals surface area (Å²) in [4.78, 5) is 2.16. The van der Waals surface area contributed by atoms with Crippen molar-refractivity contribution in [2.45, 2.75) is 25.9 Å². The second kappa shape index (κ2) is 7.05. The molecule has 1 unspecified atom stereocenters. The first kappa shape index (κ1) is 16.0. The van der Waals surface area contributed by atoms with Crippen molar-refractivity contribution in [1.29, 1.82) is 0 Å². The molecule has 2 aromatic carbocycles. The molecule has 112 valence electrons. The van der Waals surface area contributed by atoms with Crippen LogP contribution in [0.2, 0.25) is 0 Å². The van der Waals surface area contributed by atoms with Gasteiger partial charge in [-0.1, -0.05) is 34.1 Å². The van der Waals surface area contributed by atoms with Crippen molar-refractivity contribution in [3.8, 4) is 0 Å². The second-order valence-corrected chi connectivity index (χ2v) is 6.35. The van der Waals surface area contributed by atoms with E-state index in [4.69, 9.17) is 5.73 Å². The number of rotatable bonds is 5. The molecule has 0 amide bonds. The van der Waals surface area contributed by atoms with Crippen LogP contribution in [0.5, 0.6) is 0 Å². The fraction of sp³-hybridized carbons (Fsp3) is 0.294. The maximum Gasteiger partial charge on any atom is 0.123 e. The average Bonchev–Trinajstić information content (AvgIpc) is 2.43. The van der Waals surface area contributed by atoms with Crippen LogP contribution in [0, 0.1) is 5.82 Å². The van der Waals surface area contributed by atoms with Crippen LogP contribution >= 0.6 is 15.9 Å². The fourth-order valence-corrected chi connectivity index (χ4v) is 2.71. The molecule has 2 rings (SSSR count). The van der Waals surface area contributed by atoms with Gasteiger partial charge in [0, 0.05) is 29.8 Å². The molecule has 2 nitrogen and oxygen atoms in total. The highest BCUT2D eigenvalue weighted by molar-refractivity contribution is 9.10. The average molecular weight is 351 g/mol. The van der Waals surface area contributed by atoms with Crippen LogP contribution in [-0.2, 0) is 13.0 Å². The molecule has 0 saturated heterocycles. The lowest BCUT2D eigenvalue weighted by Crippen LogP contribution is -2.22. The smallest absolute Gasteiger partial charge is 0.123 e. The van der Waals surface area contributed by atoms with Gasteiger partial charge >= 0.3 is 0 Å². The number of nitrogens with two attached hydrogens (primary N) is 1. The Balaban J connectivity index is 2.22. The summed E-state index contributed by atoms with van der Waals surface area (Å²) in [6, 6.07) is 13.0. The van der Waals surface area contributed by atoms with E-state index in [9.17, 15) is 4.39 Å². The van der Waals surface area contributed by atoms with E-state index in [0.717, 1.165) is 28.7 Å². The molecule has 0 saturated carbocycles. The minimum absolute atomic E-state index is 0.115. The maximum absolute atomic E-state index is 13.0. The Bertz CT molecular complexity index is 596. The van der Waals surface area contributed by atoms with Gasteiger partial charge in [0.25, 0.3) is 0 Å². The standard InChI is InChI=1S/C17H20BrFN2/c1-12(20)9-14-5-6-15(18)10-17(14)21(2)11-13-3-7-16(19)8-4-13/h3-8,10,12H,9,11,20H2,1-2H3. The third-order valence-electron chi connectivity index (χ3n) is 3.33. The van der Waals surface area contributed by atoms with Crippen molar-refractivity contribution in [2.75, 3.05) is 11.9 Å². The van der Waals surface area contributed by atoms with E-state index in [0.29, 0.717) is 0 Å². The van der Waals surface area contributed by atoms with Gasteiger partial charge in [-0.15, -0.1) is 0 Å². The van der Waals surface area contributed by atoms with E-state index in [2.05, 4.69) is 33.0 Å². The molecule has 0 spiro atoms. The zero-order valence-electron chi connectivity index (χ0n) is 12.3. The molecular formula is C17H20BrFN2. The molecule has 0 heterocycles. The first-order valence-electron chi connectivity index (χ1n) is 6.95. The van der Waals surface area contributed by atoms with Crippen LogP contribution < -0.4 is 10.6 Å². The quantitative estimate of drug-likeness (QED) is 0.878. The number of hydrogen-bond donors (Lipinski definition) is 1. The van der Waals surface area contributed by atoms with Gasteiger partial charge in [-0.05, 0) is 48.7 Å². The van der Waals surface area contributed by atoms with Gasteiger partial charge in [-0.3, -0.25) is 0 Å². The molecule has 0 radical (unpaired) electrons. The normalized spacial score (nSPS) is 12.2. The molecule has 0 bridgehead atoms. The molecule has 21 heavy (non-hydrogen) atoms. The summed E-state index contributed by atoms with van der Waals surface area (Å²) in [7, 11) is 2.04. The van der Waals surface area contributed by atoms with E-state index < -0.39 is 0 Å². The molecule has 0 aliphatic heterocycles. The molecule has 1 atom stereocenters. The second-order valence-electron chi connectivity index (χ2n) is 5.44. The highest BCUT2D eigenvalue weighted by atomic mass is 79.9. The molecule has 0 aliphatic rings. The number of halogens is 2. The summed E-state index contributed by atoms with van der Waals surface area (Å²) in [6.45, 7) is 2.73. The molecule has 0 aromatic heterocycles. The number of benzene rings is 2. The summed E-state index contributed by atoms with van der Waals surface area (Å²) >= 11 is 3.52. The Morgan fingerprint density at radius 2 is 1.86 bits per heavy atom. The molecular weight excluding hydrogens is 331 g/mol. The summed E-state index contributed by atoms with van der Waals surface area (Å²) in [5.74, 6) is -0.207. The van der Waals surface area contributed by atoms with Crippen molar-refractivity contribution in [2.24, 2.45) is 5.73 Å². The van der Waals surface area contributed by atoms with Crippen LogP contribution in [0.1, 0.15) is 18.1 Å². The van der Waals surface area contributed by atoms with Crippen molar-refractivity contribution in [1.82, 2.24) is 0 Å². The van der Waals surface area contributed by atoms with E-state index in [1.807, 2.05) is 32.2 Å². The van der Waals surface area contributed by atoms with Crippen LogP contribution in [0.25, 0.3) is 0 Å². The predicted octanol–water partition coefficient (Wildman–Crippen LogP) is 4.11. The van der Waals surface area contributed by atoms with Gasteiger partial charge in [0.1, 0.15) is 5.82 Å². The van der Waals surface area contributed by atoms with Gasteiger partial charge in [0.15, 0.2) is 0 Å². The van der Waals surface area contributed by atoms with Crippen LogP contribution in [0.3, 0.4) is 0 Å². The van der Waals surface area contributed by atoms with Gasteiger partial charge < -0.3 is 10.6 Å². The van der Waals surface area contributed by atoms with E-state index >= 15 is 0 Å². The largest absolute Gasteiger partial charge is 0.370 e. The van der Waals surface area contributed by atoms with Crippen LogP contribution in [0.15, 0.2) is 46.9 Å².